The molecule has 0 spiro atoms. The van der Waals surface area contributed by atoms with Crippen molar-refractivity contribution in [1.82, 2.24) is 0 Å². The number of aliphatic carboxylic acids is 2. The van der Waals surface area contributed by atoms with Crippen LogP contribution in [0.5, 0.6) is 0 Å². The fraction of sp³-hybridized carbons (Fsp3) is 0.846. The SMILES string of the molecule is O=C(O)CCCCC(=O)O.OCCCCCCCO. The van der Waals surface area contributed by atoms with Gasteiger partial charge in [-0.1, -0.05) is 19.3 Å². The van der Waals surface area contributed by atoms with E-state index in [1.54, 1.807) is 0 Å². The maximum absolute atomic E-state index is 9.90. The van der Waals surface area contributed by atoms with Crippen LogP contribution in [0.15, 0.2) is 0 Å². The number of aliphatic hydroxyl groups is 2. The Balaban J connectivity index is 0. The predicted molar refractivity (Wildman–Crippen MR) is 71.0 cm³/mol. The molecule has 0 fully saturated rings. The van der Waals surface area contributed by atoms with Crippen LogP contribution in [0.4, 0.5) is 0 Å². The first-order valence-corrected chi connectivity index (χ1v) is 6.70. The molecule has 19 heavy (non-hydrogen) atoms. The summed E-state index contributed by atoms with van der Waals surface area (Å²) in [6.45, 7) is 0.609. The lowest BCUT2D eigenvalue weighted by Crippen LogP contribution is -1.97. The van der Waals surface area contributed by atoms with E-state index < -0.39 is 11.9 Å². The highest BCUT2D eigenvalue weighted by Gasteiger charge is 1.99. The first-order valence-electron chi connectivity index (χ1n) is 6.70. The number of unbranched alkanes of at least 4 members (excludes halogenated alkanes) is 5. The van der Waals surface area contributed by atoms with Gasteiger partial charge in [0, 0.05) is 26.1 Å². The second kappa shape index (κ2) is 16.9. The Morgan fingerprint density at radius 1 is 0.579 bits per heavy atom. The van der Waals surface area contributed by atoms with Gasteiger partial charge in [-0.2, -0.15) is 0 Å². The number of carboxylic acids is 2. The van der Waals surface area contributed by atoms with Crippen molar-refractivity contribution in [2.75, 3.05) is 13.2 Å². The van der Waals surface area contributed by atoms with Crippen molar-refractivity contribution in [3.63, 3.8) is 0 Å². The van der Waals surface area contributed by atoms with Crippen molar-refractivity contribution in [2.45, 2.75) is 57.8 Å². The molecular formula is C13H26O6. The Morgan fingerprint density at radius 3 is 1.16 bits per heavy atom. The molecule has 0 aromatic rings. The zero-order valence-corrected chi connectivity index (χ0v) is 11.4. The molecule has 0 aromatic carbocycles. The van der Waals surface area contributed by atoms with Crippen LogP contribution >= 0.6 is 0 Å². The molecule has 0 atom stereocenters. The summed E-state index contributed by atoms with van der Waals surface area (Å²) in [5.41, 5.74) is 0. The van der Waals surface area contributed by atoms with Crippen molar-refractivity contribution >= 4 is 11.9 Å². The van der Waals surface area contributed by atoms with Gasteiger partial charge in [0.25, 0.3) is 0 Å². The van der Waals surface area contributed by atoms with Crippen molar-refractivity contribution < 1.29 is 30.0 Å². The summed E-state index contributed by atoms with van der Waals surface area (Å²) < 4.78 is 0. The minimum Gasteiger partial charge on any atom is -0.481 e. The summed E-state index contributed by atoms with van der Waals surface area (Å²) in [6.07, 6.45) is 6.16. The standard InChI is InChI=1S/C7H16O2.C6H10O4/c8-6-4-2-1-3-5-7-9;7-5(8)3-1-2-4-6(9)10/h8-9H,1-7H2;1-4H2,(H,7,8)(H,9,10). The molecule has 0 unspecified atom stereocenters. The second-order valence-electron chi connectivity index (χ2n) is 4.21. The fourth-order valence-electron chi connectivity index (χ4n) is 1.31. The predicted octanol–water partition coefficient (Wildman–Crippen LogP) is 1.64. The van der Waals surface area contributed by atoms with Gasteiger partial charge >= 0.3 is 11.9 Å². The first-order chi connectivity index (χ1) is 9.04. The Hall–Kier alpha value is -1.14. The summed E-state index contributed by atoms with van der Waals surface area (Å²) in [5, 5.41) is 33.0. The second-order valence-corrected chi connectivity index (χ2v) is 4.21. The Kier molecular flexibility index (Phi) is 17.9. The van der Waals surface area contributed by atoms with Crippen LogP contribution in [-0.2, 0) is 9.59 Å². The molecule has 0 radical (unpaired) electrons. The Bertz CT molecular complexity index is 195. The molecule has 0 rings (SSSR count). The zero-order chi connectivity index (χ0) is 14.9. The van der Waals surface area contributed by atoms with Crippen LogP contribution in [0.1, 0.15) is 57.8 Å². The van der Waals surface area contributed by atoms with E-state index >= 15 is 0 Å². The normalized spacial score (nSPS) is 9.58. The van der Waals surface area contributed by atoms with E-state index in [2.05, 4.69) is 0 Å². The maximum Gasteiger partial charge on any atom is 0.303 e. The summed E-state index contributed by atoms with van der Waals surface area (Å²) in [5.74, 6) is -1.74. The minimum atomic E-state index is -0.870. The highest BCUT2D eigenvalue weighted by atomic mass is 16.4. The molecule has 4 N–H and O–H groups in total. The van der Waals surface area contributed by atoms with Gasteiger partial charge in [-0.25, -0.2) is 0 Å². The third-order valence-electron chi connectivity index (χ3n) is 2.35. The number of rotatable bonds is 11. The van der Waals surface area contributed by atoms with Gasteiger partial charge in [0.1, 0.15) is 0 Å². The molecule has 0 saturated carbocycles. The smallest absolute Gasteiger partial charge is 0.303 e. The minimum absolute atomic E-state index is 0.0628. The van der Waals surface area contributed by atoms with E-state index in [1.165, 1.54) is 0 Å². The highest BCUT2D eigenvalue weighted by Crippen LogP contribution is 2.01. The molecule has 0 aliphatic rings. The molecule has 0 amide bonds. The Labute approximate surface area is 114 Å². The first kappa shape index (κ1) is 20.2. The third-order valence-corrected chi connectivity index (χ3v) is 2.35. The lowest BCUT2D eigenvalue weighted by atomic mass is 10.2. The van der Waals surface area contributed by atoms with Crippen LogP contribution in [0.2, 0.25) is 0 Å². The molecule has 114 valence electrons. The number of hydrogen-bond donors (Lipinski definition) is 4. The summed E-state index contributed by atoms with van der Waals surface area (Å²) in [6, 6.07) is 0. The van der Waals surface area contributed by atoms with Crippen LogP contribution < -0.4 is 0 Å². The number of hydrogen-bond acceptors (Lipinski definition) is 4. The van der Waals surface area contributed by atoms with Crippen LogP contribution in [-0.4, -0.2) is 45.6 Å². The largest absolute Gasteiger partial charge is 0.481 e. The van der Waals surface area contributed by atoms with E-state index in [0.717, 1.165) is 32.1 Å². The van der Waals surface area contributed by atoms with Gasteiger partial charge in [-0.3, -0.25) is 9.59 Å². The van der Waals surface area contributed by atoms with Gasteiger partial charge in [0.2, 0.25) is 0 Å². The Morgan fingerprint density at radius 2 is 0.895 bits per heavy atom. The van der Waals surface area contributed by atoms with Crippen molar-refractivity contribution in [3.05, 3.63) is 0 Å². The number of carboxylic acid groups (broad SMARTS) is 2. The monoisotopic (exact) mass is 278 g/mol. The molecule has 6 nitrogen and oxygen atoms in total. The van der Waals surface area contributed by atoms with Crippen LogP contribution in [0.25, 0.3) is 0 Å². The third kappa shape index (κ3) is 26.5. The van der Waals surface area contributed by atoms with E-state index in [4.69, 9.17) is 20.4 Å². The summed E-state index contributed by atoms with van der Waals surface area (Å²) in [4.78, 5) is 19.8. The molecule has 0 aromatic heterocycles. The van der Waals surface area contributed by atoms with Gasteiger partial charge in [0.15, 0.2) is 0 Å². The zero-order valence-electron chi connectivity index (χ0n) is 11.4. The summed E-state index contributed by atoms with van der Waals surface area (Å²) in [7, 11) is 0. The van der Waals surface area contributed by atoms with Gasteiger partial charge in [0.05, 0.1) is 0 Å². The van der Waals surface area contributed by atoms with Crippen molar-refractivity contribution in [3.8, 4) is 0 Å². The van der Waals surface area contributed by atoms with Gasteiger partial charge < -0.3 is 20.4 Å². The average molecular weight is 278 g/mol. The van der Waals surface area contributed by atoms with E-state index in [-0.39, 0.29) is 12.8 Å². The van der Waals surface area contributed by atoms with E-state index in [1.807, 2.05) is 0 Å². The summed E-state index contributed by atoms with van der Waals surface area (Å²) >= 11 is 0. The van der Waals surface area contributed by atoms with E-state index in [9.17, 15) is 9.59 Å². The average Bonchev–Trinajstić information content (AvgIpc) is 2.35. The maximum atomic E-state index is 9.90. The van der Waals surface area contributed by atoms with Crippen molar-refractivity contribution in [1.29, 1.82) is 0 Å². The molecule has 0 heterocycles. The quantitative estimate of drug-likeness (QED) is 0.427. The number of aliphatic hydroxyl groups excluding tert-OH is 2. The van der Waals surface area contributed by atoms with Crippen molar-refractivity contribution in [2.24, 2.45) is 0 Å². The van der Waals surface area contributed by atoms with E-state index in [0.29, 0.717) is 26.1 Å². The molecular weight excluding hydrogens is 252 g/mol. The fourth-order valence-corrected chi connectivity index (χ4v) is 1.31. The molecule has 0 saturated heterocycles. The van der Waals surface area contributed by atoms with Crippen LogP contribution in [0.3, 0.4) is 0 Å². The van der Waals surface area contributed by atoms with Gasteiger partial charge in [-0.05, 0) is 25.7 Å². The molecule has 0 aliphatic heterocycles. The molecule has 0 aliphatic carbocycles. The number of carbonyl (C=O) groups is 2. The highest BCUT2D eigenvalue weighted by molar-refractivity contribution is 5.67. The van der Waals surface area contributed by atoms with Gasteiger partial charge in [-0.15, -0.1) is 0 Å². The lowest BCUT2D eigenvalue weighted by molar-refractivity contribution is -0.139. The molecule has 6 heteroatoms. The molecule has 0 bridgehead atoms. The van der Waals surface area contributed by atoms with Crippen LogP contribution in [0, 0.1) is 0 Å². The topological polar surface area (TPSA) is 115 Å². The lowest BCUT2D eigenvalue weighted by Gasteiger charge is -1.95.